The van der Waals surface area contributed by atoms with Crippen molar-refractivity contribution in [2.75, 3.05) is 17.2 Å². The number of halogens is 1. The zero-order valence-corrected chi connectivity index (χ0v) is 22.4. The fraction of sp³-hybridized carbons (Fsp3) is 0.450. The van der Waals surface area contributed by atoms with Gasteiger partial charge in [0.1, 0.15) is 8.46 Å². The number of aromatic nitrogens is 4. The van der Waals surface area contributed by atoms with Gasteiger partial charge in [-0.25, -0.2) is 4.98 Å². The maximum atomic E-state index is 11.6. The summed E-state index contributed by atoms with van der Waals surface area (Å²) in [6.07, 6.45) is 1.66. The van der Waals surface area contributed by atoms with Crippen LogP contribution in [0.5, 0.6) is 0 Å². The Morgan fingerprint density at radius 2 is 1.97 bits per heavy atom. The van der Waals surface area contributed by atoms with Crippen LogP contribution in [0.2, 0.25) is 5.02 Å². The van der Waals surface area contributed by atoms with Gasteiger partial charge in [0.15, 0.2) is 17.0 Å². The molecule has 0 amide bonds. The molecule has 0 spiro atoms. The number of imidazole rings is 1. The Morgan fingerprint density at radius 3 is 2.54 bits per heavy atom. The van der Waals surface area contributed by atoms with Crippen molar-refractivity contribution in [2.24, 2.45) is 5.92 Å². The Kier molecular flexibility index (Phi) is 8.60. The molecule has 0 bridgehead atoms. The SMILES string of the molecule is CC(C)C(COC(O)([PH2]=O)P(=O)(O)O)Nc1nc(Nc2cccc(Cl)c2)c2ncn(C(C)C)c2n1. The van der Waals surface area contributed by atoms with E-state index in [1.807, 2.05) is 38.3 Å². The van der Waals surface area contributed by atoms with Crippen LogP contribution < -0.4 is 10.6 Å². The molecule has 2 heterocycles. The summed E-state index contributed by atoms with van der Waals surface area (Å²) in [5, 5.41) is 13.9. The Balaban J connectivity index is 1.97. The van der Waals surface area contributed by atoms with Crippen molar-refractivity contribution in [3.05, 3.63) is 35.6 Å². The summed E-state index contributed by atoms with van der Waals surface area (Å²) in [5.41, 5.74) is 1.78. The maximum Gasteiger partial charge on any atom is 0.391 e. The van der Waals surface area contributed by atoms with Crippen LogP contribution in [0.4, 0.5) is 17.5 Å². The normalized spacial score (nSPS) is 15.3. The molecule has 15 heteroatoms. The highest BCUT2D eigenvalue weighted by Crippen LogP contribution is 2.55. The highest BCUT2D eigenvalue weighted by Gasteiger charge is 2.47. The van der Waals surface area contributed by atoms with Gasteiger partial charge in [0.05, 0.1) is 19.0 Å². The topological polar surface area (TPSA) is 172 Å². The first kappa shape index (κ1) is 27.5. The fourth-order valence-electron chi connectivity index (χ4n) is 3.11. The number of fused-ring (bicyclic) bond motifs is 1. The van der Waals surface area contributed by atoms with Crippen molar-refractivity contribution >= 4 is 56.3 Å². The van der Waals surface area contributed by atoms with E-state index in [1.165, 1.54) is 0 Å². The first-order valence-electron chi connectivity index (χ1n) is 10.8. The average molecular weight is 547 g/mol. The molecule has 0 aliphatic rings. The Morgan fingerprint density at radius 1 is 1.26 bits per heavy atom. The van der Waals surface area contributed by atoms with Crippen molar-refractivity contribution in [3.63, 3.8) is 0 Å². The number of hydrogen-bond acceptors (Lipinski definition) is 9. The predicted molar refractivity (Wildman–Crippen MR) is 136 cm³/mol. The second-order valence-electron chi connectivity index (χ2n) is 8.58. The minimum Gasteiger partial charge on any atom is -0.351 e. The largest absolute Gasteiger partial charge is 0.391 e. The molecule has 12 nitrogen and oxygen atoms in total. The first-order chi connectivity index (χ1) is 16.3. The lowest BCUT2D eigenvalue weighted by atomic mass is 10.1. The van der Waals surface area contributed by atoms with E-state index in [0.29, 0.717) is 27.7 Å². The summed E-state index contributed by atoms with van der Waals surface area (Å²) in [4.78, 5) is 32.3. The Labute approximate surface area is 208 Å². The van der Waals surface area contributed by atoms with Crippen molar-refractivity contribution in [1.82, 2.24) is 19.5 Å². The minimum absolute atomic E-state index is 0.0595. The molecule has 35 heavy (non-hydrogen) atoms. The lowest BCUT2D eigenvalue weighted by molar-refractivity contribution is -0.0925. The number of aliphatic hydroxyl groups is 1. The molecule has 3 atom stereocenters. The molecule has 0 aliphatic carbocycles. The molecule has 0 radical (unpaired) electrons. The van der Waals surface area contributed by atoms with Gasteiger partial charge in [0, 0.05) is 16.8 Å². The van der Waals surface area contributed by atoms with Gasteiger partial charge in [-0.1, -0.05) is 31.5 Å². The Bertz CT molecular complexity index is 1250. The number of rotatable bonds is 11. The molecule has 1 aromatic carbocycles. The molecule has 5 N–H and O–H groups in total. The molecule has 3 aromatic rings. The molecule has 3 unspecified atom stereocenters. The number of benzene rings is 1. The number of nitrogens with zero attached hydrogens (tertiary/aromatic N) is 4. The van der Waals surface area contributed by atoms with Crippen LogP contribution in [0.3, 0.4) is 0 Å². The van der Waals surface area contributed by atoms with Crippen molar-refractivity contribution in [2.45, 2.75) is 45.0 Å². The predicted octanol–water partition coefficient (Wildman–Crippen LogP) is 3.79. The van der Waals surface area contributed by atoms with E-state index in [1.54, 1.807) is 24.5 Å². The van der Waals surface area contributed by atoms with Crippen molar-refractivity contribution in [1.29, 1.82) is 0 Å². The highest BCUT2D eigenvalue weighted by molar-refractivity contribution is 7.62. The lowest BCUT2D eigenvalue weighted by Crippen LogP contribution is -2.36. The quantitative estimate of drug-likeness (QED) is 0.175. The van der Waals surface area contributed by atoms with Crippen LogP contribution >= 0.6 is 27.7 Å². The number of nitrogens with one attached hydrogen (secondary N) is 2. The van der Waals surface area contributed by atoms with Gasteiger partial charge in [0.2, 0.25) is 5.95 Å². The summed E-state index contributed by atoms with van der Waals surface area (Å²) < 4.78 is 29.8. The van der Waals surface area contributed by atoms with Crippen LogP contribution in [0.1, 0.15) is 33.7 Å². The first-order valence-corrected chi connectivity index (χ1v) is 13.8. The average Bonchev–Trinajstić information content (AvgIpc) is 3.20. The van der Waals surface area contributed by atoms with E-state index in [2.05, 4.69) is 25.6 Å². The summed E-state index contributed by atoms with van der Waals surface area (Å²) in [6.45, 7) is 7.28. The molecule has 0 aliphatic heterocycles. The number of ether oxygens (including phenoxy) is 1. The Hall–Kier alpha value is -2.04. The zero-order chi connectivity index (χ0) is 26.0. The van der Waals surface area contributed by atoms with Gasteiger partial charge in [-0.15, -0.1) is 0 Å². The number of hydrogen-bond donors (Lipinski definition) is 5. The van der Waals surface area contributed by atoms with E-state index in [0.717, 1.165) is 0 Å². The maximum absolute atomic E-state index is 11.6. The second-order valence-corrected chi connectivity index (χ2v) is 12.2. The van der Waals surface area contributed by atoms with Gasteiger partial charge >= 0.3 is 12.9 Å². The molecule has 0 saturated heterocycles. The monoisotopic (exact) mass is 546 g/mol. The third kappa shape index (κ3) is 6.40. The molecule has 2 aromatic heterocycles. The van der Waals surface area contributed by atoms with Crippen LogP contribution in [0.15, 0.2) is 30.6 Å². The van der Waals surface area contributed by atoms with E-state index in [4.69, 9.17) is 16.3 Å². The van der Waals surface area contributed by atoms with Crippen molar-refractivity contribution in [3.8, 4) is 0 Å². The highest BCUT2D eigenvalue weighted by atomic mass is 35.5. The molecule has 192 valence electrons. The summed E-state index contributed by atoms with van der Waals surface area (Å²) in [5.74, 6) is 0.468. The van der Waals surface area contributed by atoms with Crippen LogP contribution in [0, 0.1) is 5.92 Å². The fourth-order valence-corrected chi connectivity index (χ4v) is 4.26. The summed E-state index contributed by atoms with van der Waals surface area (Å²) in [6, 6.07) is 6.57. The summed E-state index contributed by atoms with van der Waals surface area (Å²) >= 11 is 6.11. The third-order valence-electron chi connectivity index (χ3n) is 5.23. The van der Waals surface area contributed by atoms with Crippen LogP contribution in [-0.2, 0) is 13.9 Å². The summed E-state index contributed by atoms with van der Waals surface area (Å²) in [7, 11) is -7.51. The number of anilines is 3. The molecule has 0 saturated carbocycles. The molecule has 0 fully saturated rings. The van der Waals surface area contributed by atoms with Gasteiger partial charge in [0.25, 0.3) is 0 Å². The molecule has 3 rings (SSSR count). The standard InChI is InChI=1S/C20H29ClN6O6P2/c1-11(2)15(9-33-20(28,34-29)35(30,31)32)24-19-25-17(23-14-7-5-6-13(21)8-14)16-18(26-19)27(10-22-16)12(3)4/h5-8,10-12,15,28H,9,34H2,1-4H3,(H2,30,31,32)(H2,23,24,25,26). The van der Waals surface area contributed by atoms with Crippen molar-refractivity contribution < 1.29 is 28.8 Å². The third-order valence-corrected chi connectivity index (χ3v) is 8.23. The smallest absolute Gasteiger partial charge is 0.351 e. The van der Waals surface area contributed by atoms with Gasteiger partial charge < -0.3 is 39.4 Å². The van der Waals surface area contributed by atoms with Crippen LogP contribution in [-0.4, -0.2) is 52.3 Å². The van der Waals surface area contributed by atoms with E-state index in [9.17, 15) is 24.0 Å². The molecular weight excluding hydrogens is 518 g/mol. The van der Waals surface area contributed by atoms with Gasteiger partial charge in [-0.05, 0) is 38.0 Å². The van der Waals surface area contributed by atoms with Gasteiger partial charge in [-0.2, -0.15) is 9.97 Å². The van der Waals surface area contributed by atoms with E-state index < -0.39 is 27.4 Å². The van der Waals surface area contributed by atoms with E-state index >= 15 is 0 Å². The minimum atomic E-state index is -5.18. The van der Waals surface area contributed by atoms with Crippen LogP contribution in [0.25, 0.3) is 11.2 Å². The van der Waals surface area contributed by atoms with E-state index in [-0.39, 0.29) is 24.5 Å². The second kappa shape index (κ2) is 10.9. The lowest BCUT2D eigenvalue weighted by Gasteiger charge is -2.28. The zero-order valence-electron chi connectivity index (χ0n) is 19.6. The molecular formula is C20H29ClN6O6P2. The van der Waals surface area contributed by atoms with Gasteiger partial charge in [-0.3, -0.25) is 4.57 Å².